The molecule has 104 valence electrons. The summed E-state index contributed by atoms with van der Waals surface area (Å²) < 4.78 is 13.5. The number of nitrogens with zero attached hydrogens (tertiary/aromatic N) is 3. The van der Waals surface area contributed by atoms with E-state index < -0.39 is 12.4 Å². The van der Waals surface area contributed by atoms with E-state index in [-0.39, 0.29) is 0 Å². The maximum atomic E-state index is 13.5. The second-order valence-corrected chi connectivity index (χ2v) is 7.46. The van der Waals surface area contributed by atoms with Crippen LogP contribution in [0.4, 0.5) is 0 Å². The lowest BCUT2D eigenvalue weighted by atomic mass is 9.96. The molecule has 6 heteroatoms. The topological polar surface area (TPSA) is 91.9 Å². The normalized spacial score (nSPS) is 23.9. The highest BCUT2D eigenvalue weighted by molar-refractivity contribution is 7.71. The van der Waals surface area contributed by atoms with Crippen molar-refractivity contribution in [1.82, 2.24) is 0 Å². The second kappa shape index (κ2) is 6.10. The number of azide groups is 1. The van der Waals surface area contributed by atoms with Gasteiger partial charge in [0.25, 0.3) is 0 Å². The highest BCUT2D eigenvalue weighted by Crippen LogP contribution is 2.63. The van der Waals surface area contributed by atoms with Crippen LogP contribution in [-0.4, -0.2) is 11.7 Å². The Morgan fingerprint density at radius 2 is 2.10 bits per heavy atom. The zero-order valence-electron chi connectivity index (χ0n) is 11.1. The highest BCUT2D eigenvalue weighted by Gasteiger charge is 2.46. The first-order valence-electron chi connectivity index (χ1n) is 6.45. The van der Waals surface area contributed by atoms with Crippen LogP contribution in [0.15, 0.2) is 59.5 Å². The maximum Gasteiger partial charge on any atom is 0.210 e. The third kappa shape index (κ3) is 2.44. The summed E-state index contributed by atoms with van der Waals surface area (Å²) in [6.45, 7) is 0.385. The average molecular weight is 288 g/mol. The summed E-state index contributed by atoms with van der Waals surface area (Å²) >= 11 is 0. The molecule has 5 nitrogen and oxygen atoms in total. The average Bonchev–Trinajstić information content (AvgIpc) is 2.49. The molecular formula is C14H17N4OP. The molecule has 0 radical (unpaired) electrons. The van der Waals surface area contributed by atoms with Crippen molar-refractivity contribution in [2.45, 2.75) is 18.0 Å². The minimum atomic E-state index is -3.30. The molecule has 0 bridgehead atoms. The maximum absolute atomic E-state index is 13.5. The van der Waals surface area contributed by atoms with Crippen LogP contribution in [0.2, 0.25) is 0 Å². The monoisotopic (exact) mass is 288 g/mol. The molecule has 0 fully saturated rings. The Morgan fingerprint density at radius 1 is 1.35 bits per heavy atom. The summed E-state index contributed by atoms with van der Waals surface area (Å²) in [7, 11) is -3.30. The lowest BCUT2D eigenvalue weighted by molar-refractivity contribution is 0.536. The van der Waals surface area contributed by atoms with E-state index in [4.69, 9.17) is 11.3 Å². The predicted molar refractivity (Wildman–Crippen MR) is 82.1 cm³/mol. The third-order valence-corrected chi connectivity index (χ3v) is 6.67. The summed E-state index contributed by atoms with van der Waals surface area (Å²) in [5, 5.41) is -0.143. The van der Waals surface area contributed by atoms with Crippen molar-refractivity contribution in [2.75, 3.05) is 6.54 Å². The minimum absolute atomic E-state index is 0.385. The van der Waals surface area contributed by atoms with Crippen LogP contribution in [0.1, 0.15) is 12.8 Å². The van der Waals surface area contributed by atoms with Gasteiger partial charge in [-0.15, -0.1) is 0 Å². The number of hydrogen-bond acceptors (Lipinski definition) is 2. The van der Waals surface area contributed by atoms with Crippen LogP contribution in [0, 0.1) is 0 Å². The van der Waals surface area contributed by atoms with Gasteiger partial charge in [0.1, 0.15) is 0 Å². The number of allylic oxidation sites excluding steroid dienone is 4. The Labute approximate surface area is 118 Å². The van der Waals surface area contributed by atoms with E-state index in [1.165, 1.54) is 0 Å². The van der Waals surface area contributed by atoms with Crippen LogP contribution in [-0.2, 0) is 4.57 Å². The molecule has 2 atom stereocenters. The van der Waals surface area contributed by atoms with Gasteiger partial charge >= 0.3 is 0 Å². The summed E-state index contributed by atoms with van der Waals surface area (Å²) in [6.07, 6.45) is 8.65. The fourth-order valence-electron chi connectivity index (χ4n) is 2.55. The molecule has 2 N–H and O–H groups in total. The van der Waals surface area contributed by atoms with Crippen molar-refractivity contribution >= 4 is 12.6 Å². The molecule has 0 heterocycles. The zero-order valence-corrected chi connectivity index (χ0v) is 12.0. The van der Waals surface area contributed by atoms with Crippen molar-refractivity contribution in [3.8, 4) is 0 Å². The van der Waals surface area contributed by atoms with E-state index in [9.17, 15) is 4.57 Å². The summed E-state index contributed by atoms with van der Waals surface area (Å²) in [4.78, 5) is 6.59. The van der Waals surface area contributed by atoms with Crippen LogP contribution >= 0.6 is 7.29 Å². The molecule has 20 heavy (non-hydrogen) atoms. The molecule has 1 aliphatic carbocycles. The number of rotatable bonds is 5. The number of nitrogens with two attached hydrogens (primary N) is 1. The fourth-order valence-corrected chi connectivity index (χ4v) is 5.11. The molecular weight excluding hydrogens is 271 g/mol. The van der Waals surface area contributed by atoms with E-state index in [0.29, 0.717) is 24.7 Å². The standard InChI is InChI=1S/C14H17N4OP/c15-12-11-14(9-5-2-6-10-14)20(19,18-17-16)13-7-3-1-4-8-13/h1-9H,10-12,15H2. The molecule has 1 aromatic rings. The van der Waals surface area contributed by atoms with Gasteiger partial charge in [0.2, 0.25) is 7.29 Å². The lowest BCUT2D eigenvalue weighted by Gasteiger charge is -2.36. The number of benzene rings is 1. The Morgan fingerprint density at radius 3 is 2.65 bits per heavy atom. The van der Waals surface area contributed by atoms with Crippen molar-refractivity contribution in [2.24, 2.45) is 10.6 Å². The van der Waals surface area contributed by atoms with Crippen LogP contribution in [0.5, 0.6) is 0 Å². The van der Waals surface area contributed by atoms with Gasteiger partial charge in [0.15, 0.2) is 0 Å². The fraction of sp³-hybridized carbons (Fsp3) is 0.286. The van der Waals surface area contributed by atoms with Crippen molar-refractivity contribution in [3.63, 3.8) is 0 Å². The molecule has 1 aromatic carbocycles. The van der Waals surface area contributed by atoms with Gasteiger partial charge in [0.05, 0.1) is 5.16 Å². The molecule has 0 aromatic heterocycles. The third-order valence-electron chi connectivity index (χ3n) is 3.58. The smallest absolute Gasteiger partial charge is 0.210 e. The van der Waals surface area contributed by atoms with Gasteiger partial charge in [-0.1, -0.05) is 54.6 Å². The van der Waals surface area contributed by atoms with Crippen LogP contribution < -0.4 is 11.0 Å². The molecule has 2 unspecified atom stereocenters. The first kappa shape index (κ1) is 14.6. The molecule has 2 rings (SSSR count). The SMILES string of the molecule is [N-]=[N+]=NP(=O)(c1ccccc1)C1(CCN)C=CC=CC1. The molecule has 1 aliphatic rings. The molecule has 0 spiro atoms. The second-order valence-electron chi connectivity index (χ2n) is 4.72. The Balaban J connectivity index is 2.62. The van der Waals surface area contributed by atoms with E-state index >= 15 is 0 Å². The van der Waals surface area contributed by atoms with Gasteiger partial charge in [-0.2, -0.15) is 0 Å². The summed E-state index contributed by atoms with van der Waals surface area (Å²) in [5.74, 6) is 0. The highest BCUT2D eigenvalue weighted by atomic mass is 31.2. The van der Waals surface area contributed by atoms with E-state index in [1.54, 1.807) is 24.3 Å². The van der Waals surface area contributed by atoms with Crippen LogP contribution in [0.3, 0.4) is 0 Å². The van der Waals surface area contributed by atoms with Crippen molar-refractivity contribution in [1.29, 1.82) is 0 Å². The van der Waals surface area contributed by atoms with E-state index in [2.05, 4.69) is 9.80 Å². The van der Waals surface area contributed by atoms with Gasteiger partial charge in [-0.3, -0.25) is 0 Å². The molecule has 0 saturated heterocycles. The van der Waals surface area contributed by atoms with E-state index in [0.717, 1.165) is 0 Å². The minimum Gasteiger partial charge on any atom is -0.330 e. The number of hydrogen-bond donors (Lipinski definition) is 1. The Bertz CT molecular complexity index is 619. The lowest BCUT2D eigenvalue weighted by Crippen LogP contribution is -2.33. The van der Waals surface area contributed by atoms with Gasteiger partial charge in [-0.25, -0.2) is 0 Å². The predicted octanol–water partition coefficient (Wildman–Crippen LogP) is 3.50. The quantitative estimate of drug-likeness (QED) is 0.388. The first-order valence-corrected chi connectivity index (χ1v) is 8.11. The Kier molecular flexibility index (Phi) is 4.46. The largest absolute Gasteiger partial charge is 0.330 e. The van der Waals surface area contributed by atoms with Crippen LogP contribution in [0.25, 0.3) is 10.4 Å². The van der Waals surface area contributed by atoms with E-state index in [1.807, 2.05) is 30.4 Å². The Hall–Kier alpha value is -1.80. The van der Waals surface area contributed by atoms with Gasteiger partial charge in [0, 0.05) is 10.2 Å². The van der Waals surface area contributed by atoms with Crippen molar-refractivity contribution in [3.05, 3.63) is 65.1 Å². The molecule has 0 aliphatic heterocycles. The zero-order chi connectivity index (χ0) is 14.5. The van der Waals surface area contributed by atoms with Gasteiger partial charge < -0.3 is 10.3 Å². The molecule has 0 amide bonds. The molecule has 0 saturated carbocycles. The first-order chi connectivity index (χ1) is 9.68. The summed E-state index contributed by atoms with van der Waals surface area (Å²) in [6, 6.07) is 8.94. The summed E-state index contributed by atoms with van der Waals surface area (Å²) in [5.41, 5.74) is 14.6. The van der Waals surface area contributed by atoms with Gasteiger partial charge in [-0.05, 0) is 29.8 Å². The van der Waals surface area contributed by atoms with Crippen molar-refractivity contribution < 1.29 is 4.57 Å².